The summed E-state index contributed by atoms with van der Waals surface area (Å²) in [4.78, 5) is 12.5. The molecule has 1 N–H and O–H groups in total. The van der Waals surface area contributed by atoms with Crippen molar-refractivity contribution in [1.29, 1.82) is 0 Å². The molecule has 0 spiro atoms. The molecule has 0 aromatic heterocycles. The molecular weight excluding hydrogens is 334 g/mol. The third kappa shape index (κ3) is 5.71. The van der Waals surface area contributed by atoms with Crippen molar-refractivity contribution in [3.63, 3.8) is 0 Å². The Morgan fingerprint density at radius 1 is 0.889 bits per heavy atom. The molecule has 0 unspecified atom stereocenters. The molecule has 3 rings (SSSR count). The van der Waals surface area contributed by atoms with E-state index in [2.05, 4.69) is 24.4 Å². The number of carbonyl (C=O) groups is 1. The average Bonchev–Trinajstić information content (AvgIpc) is 2.73. The molecule has 0 fully saturated rings. The Labute approximate surface area is 161 Å². The van der Waals surface area contributed by atoms with Gasteiger partial charge in [-0.2, -0.15) is 0 Å². The molecule has 0 saturated carbocycles. The lowest BCUT2D eigenvalue weighted by Gasteiger charge is -2.09. The first kappa shape index (κ1) is 18.7. The van der Waals surface area contributed by atoms with Gasteiger partial charge in [-0.1, -0.05) is 61.9 Å². The first-order valence-electron chi connectivity index (χ1n) is 9.41. The topological polar surface area (TPSA) is 38.3 Å². The molecule has 0 saturated heterocycles. The van der Waals surface area contributed by atoms with E-state index in [4.69, 9.17) is 4.74 Å². The molecule has 0 aliphatic rings. The summed E-state index contributed by atoms with van der Waals surface area (Å²) < 4.78 is 5.81. The third-order valence-electron chi connectivity index (χ3n) is 4.38. The molecule has 0 bridgehead atoms. The van der Waals surface area contributed by atoms with Crippen LogP contribution in [-0.4, -0.2) is 5.91 Å². The number of benzene rings is 3. The predicted octanol–water partition coefficient (Wildman–Crippen LogP) is 5.86. The van der Waals surface area contributed by atoms with Crippen LogP contribution in [0.1, 0.15) is 41.3 Å². The van der Waals surface area contributed by atoms with E-state index in [1.807, 2.05) is 54.6 Å². The van der Waals surface area contributed by atoms with Gasteiger partial charge in [-0.25, -0.2) is 0 Å². The minimum atomic E-state index is -0.138. The van der Waals surface area contributed by atoms with Crippen molar-refractivity contribution in [3.8, 4) is 5.75 Å². The highest BCUT2D eigenvalue weighted by Gasteiger charge is 2.08. The zero-order valence-corrected chi connectivity index (χ0v) is 15.7. The third-order valence-corrected chi connectivity index (χ3v) is 4.38. The lowest BCUT2D eigenvalue weighted by atomic mass is 10.1. The van der Waals surface area contributed by atoms with Gasteiger partial charge in [-0.05, 0) is 54.3 Å². The number of nitrogens with one attached hydrogen (secondary N) is 1. The molecule has 3 heteroatoms. The highest BCUT2D eigenvalue weighted by molar-refractivity contribution is 6.04. The summed E-state index contributed by atoms with van der Waals surface area (Å²) >= 11 is 0. The van der Waals surface area contributed by atoms with Crippen LogP contribution < -0.4 is 10.1 Å². The van der Waals surface area contributed by atoms with Crippen LogP contribution in [0.4, 0.5) is 5.69 Å². The van der Waals surface area contributed by atoms with Crippen LogP contribution >= 0.6 is 0 Å². The van der Waals surface area contributed by atoms with Gasteiger partial charge in [0.15, 0.2) is 0 Å². The SMILES string of the molecule is CCCCc1ccc(NC(=O)c2cccc(OCc3ccccc3)c2)cc1. The maximum Gasteiger partial charge on any atom is 0.255 e. The summed E-state index contributed by atoms with van der Waals surface area (Å²) in [5, 5.41) is 2.95. The van der Waals surface area contributed by atoms with Gasteiger partial charge < -0.3 is 10.1 Å². The van der Waals surface area contributed by atoms with Gasteiger partial charge in [0.05, 0.1) is 0 Å². The van der Waals surface area contributed by atoms with Crippen molar-refractivity contribution in [2.24, 2.45) is 0 Å². The highest BCUT2D eigenvalue weighted by Crippen LogP contribution is 2.17. The standard InChI is InChI=1S/C24H25NO2/c1-2-3-8-19-13-15-22(16-14-19)25-24(26)21-11-7-12-23(17-21)27-18-20-9-5-4-6-10-20/h4-7,9-17H,2-3,8,18H2,1H3,(H,25,26). The second kappa shape index (κ2) is 9.58. The Morgan fingerprint density at radius 2 is 1.67 bits per heavy atom. The quantitative estimate of drug-likeness (QED) is 0.547. The van der Waals surface area contributed by atoms with Gasteiger partial charge >= 0.3 is 0 Å². The van der Waals surface area contributed by atoms with Crippen molar-refractivity contribution in [3.05, 3.63) is 95.6 Å². The fourth-order valence-electron chi connectivity index (χ4n) is 2.81. The molecule has 138 valence electrons. The predicted molar refractivity (Wildman–Crippen MR) is 110 cm³/mol. The highest BCUT2D eigenvalue weighted by atomic mass is 16.5. The summed E-state index contributed by atoms with van der Waals surface area (Å²) in [5.74, 6) is 0.544. The monoisotopic (exact) mass is 359 g/mol. The van der Waals surface area contributed by atoms with Gasteiger partial charge in [0.1, 0.15) is 12.4 Å². The molecule has 1 amide bonds. The zero-order chi connectivity index (χ0) is 18.9. The number of unbranched alkanes of at least 4 members (excludes halogenated alkanes) is 1. The fourth-order valence-corrected chi connectivity index (χ4v) is 2.81. The zero-order valence-electron chi connectivity index (χ0n) is 15.7. The molecule has 0 heterocycles. The second-order valence-electron chi connectivity index (χ2n) is 6.56. The van der Waals surface area contributed by atoms with Crippen molar-refractivity contribution >= 4 is 11.6 Å². The van der Waals surface area contributed by atoms with Crippen LogP contribution in [0.2, 0.25) is 0 Å². The van der Waals surface area contributed by atoms with Gasteiger partial charge in [-0.15, -0.1) is 0 Å². The van der Waals surface area contributed by atoms with E-state index < -0.39 is 0 Å². The number of amides is 1. The number of hydrogen-bond donors (Lipinski definition) is 1. The summed E-state index contributed by atoms with van der Waals surface area (Å²) in [6, 6.07) is 25.3. The van der Waals surface area contributed by atoms with E-state index in [1.165, 1.54) is 18.4 Å². The molecule has 0 radical (unpaired) electrons. The summed E-state index contributed by atoms with van der Waals surface area (Å²) in [7, 11) is 0. The molecule has 27 heavy (non-hydrogen) atoms. The van der Waals surface area contributed by atoms with Crippen molar-refractivity contribution < 1.29 is 9.53 Å². The fraction of sp³-hybridized carbons (Fsp3) is 0.208. The van der Waals surface area contributed by atoms with Crippen molar-refractivity contribution in [2.45, 2.75) is 32.8 Å². The van der Waals surface area contributed by atoms with E-state index in [0.717, 1.165) is 17.7 Å². The summed E-state index contributed by atoms with van der Waals surface area (Å²) in [6.45, 7) is 2.66. The molecular formula is C24H25NO2. The number of aryl methyl sites for hydroxylation is 1. The Balaban J connectivity index is 1.59. The average molecular weight is 359 g/mol. The maximum absolute atomic E-state index is 12.5. The Morgan fingerprint density at radius 3 is 2.41 bits per heavy atom. The smallest absolute Gasteiger partial charge is 0.255 e. The van der Waals surface area contributed by atoms with E-state index >= 15 is 0 Å². The van der Waals surface area contributed by atoms with Crippen molar-refractivity contribution in [1.82, 2.24) is 0 Å². The Bertz CT molecular complexity index is 857. The lowest BCUT2D eigenvalue weighted by Crippen LogP contribution is -2.12. The first-order valence-corrected chi connectivity index (χ1v) is 9.41. The van der Waals surface area contributed by atoms with Gasteiger partial charge in [0.2, 0.25) is 0 Å². The number of rotatable bonds is 8. The molecule has 3 aromatic carbocycles. The van der Waals surface area contributed by atoms with E-state index in [-0.39, 0.29) is 5.91 Å². The molecule has 3 nitrogen and oxygen atoms in total. The van der Waals surface area contributed by atoms with Crippen molar-refractivity contribution in [2.75, 3.05) is 5.32 Å². The Kier molecular flexibility index (Phi) is 6.64. The van der Waals surface area contributed by atoms with E-state index in [0.29, 0.717) is 17.9 Å². The largest absolute Gasteiger partial charge is 0.489 e. The lowest BCUT2D eigenvalue weighted by molar-refractivity contribution is 0.102. The number of carbonyl (C=O) groups excluding carboxylic acids is 1. The van der Waals surface area contributed by atoms with Crippen LogP contribution in [-0.2, 0) is 13.0 Å². The van der Waals surface area contributed by atoms with Crippen LogP contribution in [0.5, 0.6) is 5.75 Å². The van der Waals surface area contributed by atoms with E-state index in [1.54, 1.807) is 12.1 Å². The molecule has 3 aromatic rings. The Hall–Kier alpha value is -3.07. The van der Waals surface area contributed by atoms with Crippen LogP contribution in [0, 0.1) is 0 Å². The number of anilines is 1. The van der Waals surface area contributed by atoms with Crippen LogP contribution in [0.15, 0.2) is 78.9 Å². The molecule has 0 atom stereocenters. The number of ether oxygens (including phenoxy) is 1. The molecule has 0 aliphatic heterocycles. The van der Waals surface area contributed by atoms with Gasteiger partial charge in [0.25, 0.3) is 5.91 Å². The first-order chi connectivity index (χ1) is 13.2. The van der Waals surface area contributed by atoms with Gasteiger partial charge in [-0.3, -0.25) is 4.79 Å². The summed E-state index contributed by atoms with van der Waals surface area (Å²) in [6.07, 6.45) is 3.44. The number of hydrogen-bond acceptors (Lipinski definition) is 2. The molecule has 0 aliphatic carbocycles. The minimum absolute atomic E-state index is 0.138. The maximum atomic E-state index is 12.5. The minimum Gasteiger partial charge on any atom is -0.489 e. The normalized spacial score (nSPS) is 10.4. The summed E-state index contributed by atoms with van der Waals surface area (Å²) in [5.41, 5.74) is 3.77. The van der Waals surface area contributed by atoms with Crippen LogP contribution in [0.3, 0.4) is 0 Å². The van der Waals surface area contributed by atoms with Gasteiger partial charge in [0, 0.05) is 11.3 Å². The van der Waals surface area contributed by atoms with E-state index in [9.17, 15) is 4.79 Å². The van der Waals surface area contributed by atoms with Crippen LogP contribution in [0.25, 0.3) is 0 Å². The second-order valence-corrected chi connectivity index (χ2v) is 6.56.